The minimum absolute atomic E-state index is 0.614. The highest BCUT2D eigenvalue weighted by molar-refractivity contribution is 5.66. The maximum absolute atomic E-state index is 5.56. The van der Waals surface area contributed by atoms with E-state index in [9.17, 15) is 0 Å². The predicted molar refractivity (Wildman–Crippen MR) is 98.8 cm³/mol. The van der Waals surface area contributed by atoms with Crippen molar-refractivity contribution in [3.05, 3.63) is 59.4 Å². The molecule has 1 aromatic heterocycles. The molecule has 0 aliphatic heterocycles. The first kappa shape index (κ1) is 15.7. The van der Waals surface area contributed by atoms with Crippen molar-refractivity contribution in [1.29, 1.82) is 0 Å². The summed E-state index contributed by atoms with van der Waals surface area (Å²) >= 11 is 0. The van der Waals surface area contributed by atoms with E-state index in [1.807, 2.05) is 41.9 Å². The van der Waals surface area contributed by atoms with E-state index in [0.29, 0.717) is 6.54 Å². The number of nitrogens with zero attached hydrogens (tertiary/aromatic N) is 3. The lowest BCUT2D eigenvalue weighted by Gasteiger charge is -2.15. The Morgan fingerprint density at radius 3 is 2.72 bits per heavy atom. The van der Waals surface area contributed by atoms with Gasteiger partial charge < -0.3 is 14.6 Å². The lowest BCUT2D eigenvalue weighted by molar-refractivity contribution is 0.416. The smallest absolute Gasteiger partial charge is 0.163 e. The fourth-order valence-corrected chi connectivity index (χ4v) is 3.53. The summed E-state index contributed by atoms with van der Waals surface area (Å²) in [6, 6.07) is 14.4. The lowest BCUT2D eigenvalue weighted by Crippen LogP contribution is -2.09. The minimum atomic E-state index is 0.614. The van der Waals surface area contributed by atoms with Crippen LogP contribution in [-0.2, 0) is 26.4 Å². The van der Waals surface area contributed by atoms with Gasteiger partial charge in [0.15, 0.2) is 11.6 Å². The normalized spacial score (nSPS) is 12.9. The largest absolute Gasteiger partial charge is 0.495 e. The Kier molecular flexibility index (Phi) is 4.14. The van der Waals surface area contributed by atoms with E-state index < -0.39 is 0 Å². The lowest BCUT2D eigenvalue weighted by atomic mass is 10.1. The number of rotatable bonds is 5. The van der Waals surface area contributed by atoms with Crippen LogP contribution in [0.2, 0.25) is 0 Å². The Labute approximate surface area is 147 Å². The molecule has 1 N–H and O–H groups in total. The Bertz CT molecular complexity index is 886. The molecule has 0 saturated heterocycles. The Balaban J connectivity index is 1.59. The first-order valence-electron chi connectivity index (χ1n) is 8.64. The van der Waals surface area contributed by atoms with Gasteiger partial charge in [-0.25, -0.2) is 0 Å². The molecule has 0 radical (unpaired) electrons. The molecule has 5 nitrogen and oxygen atoms in total. The quantitative estimate of drug-likeness (QED) is 0.775. The van der Waals surface area contributed by atoms with E-state index in [-0.39, 0.29) is 0 Å². The molecule has 25 heavy (non-hydrogen) atoms. The average Bonchev–Trinajstić information content (AvgIpc) is 3.27. The SMILES string of the molecule is COc1ccc2c(c1NCc1nnc(-c3ccccc3)n1C)CCC2. The molecule has 0 bridgehead atoms. The van der Waals surface area contributed by atoms with Crippen molar-refractivity contribution < 1.29 is 4.74 Å². The molecule has 2 aromatic carbocycles. The average molecular weight is 334 g/mol. The summed E-state index contributed by atoms with van der Waals surface area (Å²) in [5.41, 5.74) is 4.97. The van der Waals surface area contributed by atoms with Crippen LogP contribution in [-0.4, -0.2) is 21.9 Å². The first-order valence-corrected chi connectivity index (χ1v) is 8.64. The molecule has 128 valence electrons. The number of fused-ring (bicyclic) bond motifs is 1. The fourth-order valence-electron chi connectivity index (χ4n) is 3.53. The third-order valence-corrected chi connectivity index (χ3v) is 4.88. The van der Waals surface area contributed by atoms with E-state index in [2.05, 4.69) is 27.6 Å². The van der Waals surface area contributed by atoms with E-state index in [0.717, 1.165) is 41.5 Å². The van der Waals surface area contributed by atoms with Crippen LogP contribution in [0.25, 0.3) is 11.4 Å². The molecule has 0 unspecified atom stereocenters. The second-order valence-electron chi connectivity index (χ2n) is 6.35. The summed E-state index contributed by atoms with van der Waals surface area (Å²) in [4.78, 5) is 0. The van der Waals surface area contributed by atoms with Gasteiger partial charge >= 0.3 is 0 Å². The van der Waals surface area contributed by atoms with Crippen LogP contribution in [0.1, 0.15) is 23.4 Å². The van der Waals surface area contributed by atoms with Gasteiger partial charge in [-0.2, -0.15) is 0 Å². The maximum Gasteiger partial charge on any atom is 0.163 e. The molecular formula is C20H22N4O. The second kappa shape index (κ2) is 6.59. The summed E-state index contributed by atoms with van der Waals surface area (Å²) < 4.78 is 7.60. The number of methoxy groups -OCH3 is 1. The van der Waals surface area contributed by atoms with Crippen LogP contribution in [0.3, 0.4) is 0 Å². The standard InChI is InChI=1S/C20H22N4O/c1-24-18(22-23-20(24)15-7-4-3-5-8-15)13-21-19-16-10-6-9-14(16)11-12-17(19)25-2/h3-5,7-8,11-12,21H,6,9-10,13H2,1-2H3. The predicted octanol–water partition coefficient (Wildman–Crippen LogP) is 3.59. The summed E-state index contributed by atoms with van der Waals surface area (Å²) in [5.74, 6) is 2.67. The van der Waals surface area contributed by atoms with Crippen molar-refractivity contribution in [1.82, 2.24) is 14.8 Å². The number of anilines is 1. The van der Waals surface area contributed by atoms with Crippen LogP contribution in [0, 0.1) is 0 Å². The van der Waals surface area contributed by atoms with Gasteiger partial charge in [-0.05, 0) is 36.5 Å². The van der Waals surface area contributed by atoms with Crippen LogP contribution >= 0.6 is 0 Å². The number of benzene rings is 2. The zero-order chi connectivity index (χ0) is 17.2. The summed E-state index contributed by atoms with van der Waals surface area (Å²) in [7, 11) is 3.73. The van der Waals surface area contributed by atoms with Crippen molar-refractivity contribution in [3.63, 3.8) is 0 Å². The maximum atomic E-state index is 5.56. The van der Waals surface area contributed by atoms with Gasteiger partial charge in [-0.15, -0.1) is 10.2 Å². The third kappa shape index (κ3) is 2.86. The number of aryl methyl sites for hydroxylation is 1. The zero-order valence-corrected chi connectivity index (χ0v) is 14.6. The number of hydrogen-bond donors (Lipinski definition) is 1. The topological polar surface area (TPSA) is 52.0 Å². The minimum Gasteiger partial charge on any atom is -0.495 e. The van der Waals surface area contributed by atoms with Gasteiger partial charge in [-0.3, -0.25) is 0 Å². The fraction of sp³-hybridized carbons (Fsp3) is 0.300. The highest BCUT2D eigenvalue weighted by atomic mass is 16.5. The Morgan fingerprint density at radius 1 is 1.08 bits per heavy atom. The molecule has 0 fully saturated rings. The number of hydrogen-bond acceptors (Lipinski definition) is 4. The molecule has 1 aliphatic rings. The first-order chi connectivity index (χ1) is 12.3. The Morgan fingerprint density at radius 2 is 1.92 bits per heavy atom. The second-order valence-corrected chi connectivity index (χ2v) is 6.35. The molecule has 0 amide bonds. The molecule has 5 heteroatoms. The third-order valence-electron chi connectivity index (χ3n) is 4.88. The Hall–Kier alpha value is -2.82. The molecule has 4 rings (SSSR count). The van der Waals surface area contributed by atoms with Gasteiger partial charge in [0.1, 0.15) is 5.75 Å². The van der Waals surface area contributed by atoms with Crippen molar-refractivity contribution in [2.75, 3.05) is 12.4 Å². The van der Waals surface area contributed by atoms with Gasteiger partial charge in [0.25, 0.3) is 0 Å². The van der Waals surface area contributed by atoms with Crippen molar-refractivity contribution in [2.24, 2.45) is 7.05 Å². The van der Waals surface area contributed by atoms with Crippen molar-refractivity contribution in [3.8, 4) is 17.1 Å². The number of ether oxygens (including phenoxy) is 1. The van der Waals surface area contributed by atoms with Gasteiger partial charge in [-0.1, -0.05) is 36.4 Å². The van der Waals surface area contributed by atoms with E-state index >= 15 is 0 Å². The number of nitrogens with one attached hydrogen (secondary N) is 1. The highest BCUT2D eigenvalue weighted by Crippen LogP contribution is 2.36. The van der Waals surface area contributed by atoms with Gasteiger partial charge in [0.05, 0.1) is 19.3 Å². The molecule has 3 aromatic rings. The molecular weight excluding hydrogens is 312 g/mol. The monoisotopic (exact) mass is 334 g/mol. The molecule has 0 atom stereocenters. The molecule has 0 spiro atoms. The van der Waals surface area contributed by atoms with Crippen LogP contribution < -0.4 is 10.1 Å². The zero-order valence-electron chi connectivity index (χ0n) is 14.6. The molecule has 1 heterocycles. The summed E-state index contributed by atoms with van der Waals surface area (Å²) in [5, 5.41) is 12.3. The van der Waals surface area contributed by atoms with E-state index in [4.69, 9.17) is 4.74 Å². The summed E-state index contributed by atoms with van der Waals surface area (Å²) in [6.07, 6.45) is 3.46. The van der Waals surface area contributed by atoms with Crippen LogP contribution in [0.5, 0.6) is 5.75 Å². The van der Waals surface area contributed by atoms with Crippen LogP contribution in [0.15, 0.2) is 42.5 Å². The van der Waals surface area contributed by atoms with Gasteiger partial charge in [0, 0.05) is 12.6 Å². The van der Waals surface area contributed by atoms with Crippen molar-refractivity contribution >= 4 is 5.69 Å². The summed E-state index contributed by atoms with van der Waals surface area (Å²) in [6.45, 7) is 0.614. The highest BCUT2D eigenvalue weighted by Gasteiger charge is 2.19. The van der Waals surface area contributed by atoms with Gasteiger partial charge in [0.2, 0.25) is 0 Å². The van der Waals surface area contributed by atoms with Crippen LogP contribution in [0.4, 0.5) is 5.69 Å². The van der Waals surface area contributed by atoms with Crippen molar-refractivity contribution in [2.45, 2.75) is 25.8 Å². The van der Waals surface area contributed by atoms with E-state index in [1.54, 1.807) is 7.11 Å². The van der Waals surface area contributed by atoms with E-state index in [1.165, 1.54) is 17.5 Å². The molecule has 0 saturated carbocycles. The molecule has 1 aliphatic carbocycles. The number of aromatic nitrogens is 3.